The zero-order valence-electron chi connectivity index (χ0n) is 13.6. The molecule has 0 aliphatic rings. The average Bonchev–Trinajstić information content (AvgIpc) is 2.63. The van der Waals surface area contributed by atoms with E-state index < -0.39 is 0 Å². The molecule has 1 heterocycles. The first-order valence-corrected chi connectivity index (χ1v) is 8.59. The fourth-order valence-corrected chi connectivity index (χ4v) is 3.28. The van der Waals surface area contributed by atoms with Crippen molar-refractivity contribution >= 4 is 21.7 Å². The van der Waals surface area contributed by atoms with E-state index in [2.05, 4.69) is 27.0 Å². The number of halogens is 2. The van der Waals surface area contributed by atoms with E-state index in [9.17, 15) is 9.65 Å². The number of hydrogen-bond donors (Lipinski definition) is 1. The van der Waals surface area contributed by atoms with Gasteiger partial charge in [0.15, 0.2) is 0 Å². The Hall–Kier alpha value is -2.71. The smallest absolute Gasteiger partial charge is 0.142 e. The van der Waals surface area contributed by atoms with Gasteiger partial charge in [0, 0.05) is 11.1 Å². The number of aromatic nitrogens is 1. The molecule has 3 rings (SSSR count). The van der Waals surface area contributed by atoms with Crippen molar-refractivity contribution in [2.75, 3.05) is 5.73 Å². The van der Waals surface area contributed by atoms with Crippen molar-refractivity contribution in [3.8, 4) is 28.5 Å². The van der Waals surface area contributed by atoms with Crippen LogP contribution in [0.2, 0.25) is 0 Å². The Labute approximate surface area is 154 Å². The summed E-state index contributed by atoms with van der Waals surface area (Å²) in [6.45, 7) is 2.00. The van der Waals surface area contributed by atoms with Crippen molar-refractivity contribution in [3.63, 3.8) is 0 Å². The van der Waals surface area contributed by atoms with Gasteiger partial charge in [0.25, 0.3) is 0 Å². The fraction of sp³-hybridized carbons (Fsp3) is 0.100. The van der Waals surface area contributed by atoms with Gasteiger partial charge >= 0.3 is 0 Å². The maximum Gasteiger partial charge on any atom is 0.142 e. The van der Waals surface area contributed by atoms with E-state index in [0.29, 0.717) is 22.0 Å². The number of pyridine rings is 1. The van der Waals surface area contributed by atoms with E-state index in [0.717, 1.165) is 22.4 Å². The minimum absolute atomic E-state index is 0.175. The van der Waals surface area contributed by atoms with Crippen LogP contribution in [0, 0.1) is 17.1 Å². The number of anilines is 1. The third kappa shape index (κ3) is 3.13. The fourth-order valence-electron chi connectivity index (χ4n) is 2.90. The third-order valence-electron chi connectivity index (χ3n) is 4.05. The first-order valence-electron chi connectivity index (χ1n) is 7.80. The molecule has 0 unspecified atom stereocenters. The normalized spacial score (nSPS) is 10.5. The summed E-state index contributed by atoms with van der Waals surface area (Å²) in [6, 6.07) is 16.6. The topological polar surface area (TPSA) is 62.7 Å². The number of nitriles is 1. The molecule has 0 amide bonds. The Bertz CT molecular complexity index is 978. The van der Waals surface area contributed by atoms with Crippen molar-refractivity contribution < 1.29 is 4.39 Å². The van der Waals surface area contributed by atoms with Gasteiger partial charge in [-0.05, 0) is 45.6 Å². The van der Waals surface area contributed by atoms with Gasteiger partial charge in [0.05, 0.1) is 10.2 Å². The zero-order chi connectivity index (χ0) is 18.0. The van der Waals surface area contributed by atoms with E-state index in [4.69, 9.17) is 5.73 Å². The van der Waals surface area contributed by atoms with Gasteiger partial charge in [0.2, 0.25) is 0 Å². The van der Waals surface area contributed by atoms with Crippen LogP contribution in [0.5, 0.6) is 0 Å². The van der Waals surface area contributed by atoms with Gasteiger partial charge in [0.1, 0.15) is 23.3 Å². The van der Waals surface area contributed by atoms with Crippen molar-refractivity contribution in [3.05, 3.63) is 69.9 Å². The molecule has 124 valence electrons. The van der Waals surface area contributed by atoms with Crippen molar-refractivity contribution in [2.45, 2.75) is 13.3 Å². The van der Waals surface area contributed by atoms with Crippen LogP contribution < -0.4 is 5.73 Å². The molecule has 0 aliphatic heterocycles. The first kappa shape index (κ1) is 17.1. The lowest BCUT2D eigenvalue weighted by Crippen LogP contribution is -2.05. The summed E-state index contributed by atoms with van der Waals surface area (Å²) < 4.78 is 14.0. The average molecular weight is 396 g/mol. The summed E-state index contributed by atoms with van der Waals surface area (Å²) >= 11 is 3.21. The van der Waals surface area contributed by atoms with Crippen LogP contribution in [0.15, 0.2) is 53.0 Å². The lowest BCUT2D eigenvalue weighted by Gasteiger charge is -2.17. The van der Waals surface area contributed by atoms with Crippen LogP contribution in [0.4, 0.5) is 10.2 Å². The van der Waals surface area contributed by atoms with E-state index in [1.54, 1.807) is 12.1 Å². The van der Waals surface area contributed by atoms with Crippen molar-refractivity contribution in [2.24, 2.45) is 0 Å². The predicted molar refractivity (Wildman–Crippen MR) is 101 cm³/mol. The highest BCUT2D eigenvalue weighted by atomic mass is 79.9. The Balaban J connectivity index is 2.38. The highest BCUT2D eigenvalue weighted by Crippen LogP contribution is 2.37. The number of nitrogens with zero attached hydrogens (tertiary/aromatic N) is 2. The molecule has 0 spiro atoms. The zero-order valence-corrected chi connectivity index (χ0v) is 15.1. The molecule has 0 radical (unpaired) electrons. The Kier molecular flexibility index (Phi) is 4.82. The lowest BCUT2D eigenvalue weighted by atomic mass is 9.90. The Morgan fingerprint density at radius 1 is 1.16 bits per heavy atom. The molecule has 5 heteroatoms. The number of nitrogen functional groups attached to an aromatic ring is 1. The summed E-state index contributed by atoms with van der Waals surface area (Å²) in [4.78, 5) is 4.48. The van der Waals surface area contributed by atoms with Crippen LogP contribution in [0.3, 0.4) is 0 Å². The second-order valence-electron chi connectivity index (χ2n) is 5.53. The summed E-state index contributed by atoms with van der Waals surface area (Å²) in [7, 11) is 0. The van der Waals surface area contributed by atoms with Crippen molar-refractivity contribution in [1.29, 1.82) is 5.26 Å². The molecule has 2 aromatic carbocycles. The van der Waals surface area contributed by atoms with Crippen LogP contribution in [-0.2, 0) is 6.42 Å². The molecular formula is C20H15BrFN3. The van der Waals surface area contributed by atoms with Gasteiger partial charge in [-0.25, -0.2) is 9.37 Å². The Morgan fingerprint density at radius 3 is 2.48 bits per heavy atom. The van der Waals surface area contributed by atoms with Gasteiger partial charge in [-0.3, -0.25) is 0 Å². The number of rotatable bonds is 3. The summed E-state index contributed by atoms with van der Waals surface area (Å²) in [6.07, 6.45) is 0.663. The Morgan fingerprint density at radius 2 is 1.88 bits per heavy atom. The van der Waals surface area contributed by atoms with Crippen LogP contribution in [0.1, 0.15) is 18.1 Å². The highest BCUT2D eigenvalue weighted by Gasteiger charge is 2.20. The minimum atomic E-state index is -0.356. The van der Waals surface area contributed by atoms with Crippen LogP contribution in [0.25, 0.3) is 22.4 Å². The van der Waals surface area contributed by atoms with E-state index >= 15 is 0 Å². The largest absolute Gasteiger partial charge is 0.383 e. The highest BCUT2D eigenvalue weighted by molar-refractivity contribution is 9.10. The molecule has 0 bridgehead atoms. The van der Waals surface area contributed by atoms with Gasteiger partial charge < -0.3 is 5.73 Å². The summed E-state index contributed by atoms with van der Waals surface area (Å²) in [5.74, 6) is -0.181. The van der Waals surface area contributed by atoms with E-state index in [1.807, 2.05) is 37.3 Å². The van der Waals surface area contributed by atoms with Gasteiger partial charge in [-0.15, -0.1) is 0 Å². The number of hydrogen-bond acceptors (Lipinski definition) is 3. The molecular weight excluding hydrogens is 381 g/mol. The quantitative estimate of drug-likeness (QED) is 0.651. The molecule has 25 heavy (non-hydrogen) atoms. The van der Waals surface area contributed by atoms with Gasteiger partial charge in [-0.1, -0.05) is 43.3 Å². The van der Waals surface area contributed by atoms with E-state index in [1.165, 1.54) is 6.07 Å². The maximum atomic E-state index is 13.7. The lowest BCUT2D eigenvalue weighted by molar-refractivity contribution is 0.621. The molecule has 0 saturated carbocycles. The summed E-state index contributed by atoms with van der Waals surface area (Å²) in [5, 5.41) is 9.61. The predicted octanol–water partition coefficient (Wildman–Crippen LogP) is 5.33. The van der Waals surface area contributed by atoms with Crippen LogP contribution >= 0.6 is 15.9 Å². The number of nitrogens with two attached hydrogens (primary N) is 1. The maximum absolute atomic E-state index is 13.7. The third-order valence-corrected chi connectivity index (χ3v) is 4.65. The van der Waals surface area contributed by atoms with Gasteiger partial charge in [-0.2, -0.15) is 5.26 Å². The second-order valence-corrected chi connectivity index (χ2v) is 6.39. The van der Waals surface area contributed by atoms with Crippen LogP contribution in [-0.4, -0.2) is 4.98 Å². The second kappa shape index (κ2) is 7.04. The molecule has 0 aliphatic carbocycles. The molecule has 3 nitrogen and oxygen atoms in total. The molecule has 0 atom stereocenters. The molecule has 0 fully saturated rings. The van der Waals surface area contributed by atoms with Crippen molar-refractivity contribution in [1.82, 2.24) is 4.98 Å². The molecule has 2 N–H and O–H groups in total. The number of benzene rings is 2. The molecule has 3 aromatic rings. The molecule has 1 aromatic heterocycles. The first-order chi connectivity index (χ1) is 12.1. The summed E-state index contributed by atoms with van der Waals surface area (Å²) in [5.41, 5.74) is 10.4. The monoisotopic (exact) mass is 395 g/mol. The standard InChI is InChI=1S/C20H15BrFN3/c1-2-14-18(13-8-9-17(22)16(21)10-13)15(11-23)20(24)25-19(14)12-6-4-3-5-7-12/h3-10H,2H2,1H3,(H2,24,25). The SMILES string of the molecule is CCc1c(-c2ccccc2)nc(N)c(C#N)c1-c1ccc(F)c(Br)c1. The van der Waals surface area contributed by atoms with E-state index in [-0.39, 0.29) is 11.6 Å². The molecule has 0 saturated heterocycles. The minimum Gasteiger partial charge on any atom is -0.383 e.